The first-order valence-corrected chi connectivity index (χ1v) is 8.37. The van der Waals surface area contributed by atoms with Crippen LogP contribution in [0.3, 0.4) is 0 Å². The fourth-order valence-electron chi connectivity index (χ4n) is 2.36. The van der Waals surface area contributed by atoms with Crippen LogP contribution in [-0.4, -0.2) is 9.55 Å². The fraction of sp³-hybridized carbons (Fsp3) is 0.222. The Kier molecular flexibility index (Phi) is 4.49. The Bertz CT molecular complexity index is 788. The van der Waals surface area contributed by atoms with E-state index in [-0.39, 0.29) is 0 Å². The van der Waals surface area contributed by atoms with Crippen molar-refractivity contribution in [1.29, 1.82) is 0 Å². The Labute approximate surface area is 134 Å². The lowest BCUT2D eigenvalue weighted by Gasteiger charge is -2.15. The van der Waals surface area contributed by atoms with Crippen LogP contribution < -0.4 is 4.80 Å². The predicted molar refractivity (Wildman–Crippen MR) is 92.2 cm³/mol. The van der Waals surface area contributed by atoms with Gasteiger partial charge in [-0.15, -0.1) is 11.3 Å². The van der Waals surface area contributed by atoms with E-state index in [4.69, 9.17) is 4.99 Å². The van der Waals surface area contributed by atoms with Gasteiger partial charge in [-0.1, -0.05) is 37.3 Å². The Morgan fingerprint density at radius 1 is 1.18 bits per heavy atom. The van der Waals surface area contributed by atoms with Crippen molar-refractivity contribution in [2.45, 2.75) is 26.3 Å². The lowest BCUT2D eigenvalue weighted by molar-refractivity contribution is 0.524. The van der Waals surface area contributed by atoms with Crippen LogP contribution in [0.2, 0.25) is 0 Å². The molecule has 1 atom stereocenters. The standard InChI is InChI=1S/C18H19N3S/c1-3-14(2)21-17(15-8-5-4-6-9-15)13-22-18(21)20-16-10-7-11-19-12-16/h4-14H,3H2,1-2H3. The summed E-state index contributed by atoms with van der Waals surface area (Å²) in [5.74, 6) is 0. The van der Waals surface area contributed by atoms with Gasteiger partial charge in [-0.05, 0) is 31.0 Å². The van der Waals surface area contributed by atoms with Gasteiger partial charge < -0.3 is 4.57 Å². The first-order valence-electron chi connectivity index (χ1n) is 7.49. The number of rotatable bonds is 4. The Hall–Kier alpha value is -2.20. The summed E-state index contributed by atoms with van der Waals surface area (Å²) in [5.41, 5.74) is 3.34. The summed E-state index contributed by atoms with van der Waals surface area (Å²) in [5, 5.41) is 2.19. The molecule has 0 radical (unpaired) electrons. The second-order valence-electron chi connectivity index (χ2n) is 5.22. The molecule has 3 aromatic rings. The molecule has 0 amide bonds. The predicted octanol–water partition coefficient (Wildman–Crippen LogP) is 4.82. The number of thiazole rings is 1. The molecule has 1 unspecified atom stereocenters. The van der Waals surface area contributed by atoms with Gasteiger partial charge in [0.05, 0.1) is 17.6 Å². The summed E-state index contributed by atoms with van der Waals surface area (Å²) in [6.45, 7) is 4.44. The molecule has 22 heavy (non-hydrogen) atoms. The van der Waals surface area contributed by atoms with Crippen molar-refractivity contribution in [1.82, 2.24) is 9.55 Å². The smallest absolute Gasteiger partial charge is 0.190 e. The molecule has 1 aromatic carbocycles. The summed E-state index contributed by atoms with van der Waals surface area (Å²) in [7, 11) is 0. The van der Waals surface area contributed by atoms with Gasteiger partial charge in [0, 0.05) is 17.6 Å². The van der Waals surface area contributed by atoms with E-state index in [9.17, 15) is 0 Å². The Morgan fingerprint density at radius 2 is 2.00 bits per heavy atom. The second kappa shape index (κ2) is 6.71. The third-order valence-electron chi connectivity index (χ3n) is 3.71. The number of benzene rings is 1. The molecule has 0 N–H and O–H groups in total. The summed E-state index contributed by atoms with van der Waals surface area (Å²) < 4.78 is 2.33. The highest BCUT2D eigenvalue weighted by molar-refractivity contribution is 7.07. The number of pyridine rings is 1. The summed E-state index contributed by atoms with van der Waals surface area (Å²) in [6.07, 6.45) is 4.63. The molecule has 4 heteroatoms. The third-order valence-corrected chi connectivity index (χ3v) is 4.55. The topological polar surface area (TPSA) is 30.2 Å². The Morgan fingerprint density at radius 3 is 2.68 bits per heavy atom. The number of aromatic nitrogens is 2. The highest BCUT2D eigenvalue weighted by atomic mass is 32.1. The molecule has 3 rings (SSSR count). The molecule has 0 saturated carbocycles. The molecule has 2 aromatic heterocycles. The van der Waals surface area contributed by atoms with Gasteiger partial charge in [0.1, 0.15) is 0 Å². The first-order chi connectivity index (χ1) is 10.8. The minimum absolute atomic E-state index is 0.400. The van der Waals surface area contributed by atoms with E-state index >= 15 is 0 Å². The number of hydrogen-bond donors (Lipinski definition) is 0. The van der Waals surface area contributed by atoms with Crippen molar-refractivity contribution >= 4 is 17.0 Å². The van der Waals surface area contributed by atoms with Crippen LogP contribution in [0.25, 0.3) is 11.3 Å². The van der Waals surface area contributed by atoms with E-state index in [1.807, 2.05) is 18.2 Å². The van der Waals surface area contributed by atoms with Crippen LogP contribution in [-0.2, 0) is 0 Å². The van der Waals surface area contributed by atoms with Gasteiger partial charge in [0.25, 0.3) is 0 Å². The molecule has 0 aliphatic heterocycles. The summed E-state index contributed by atoms with van der Waals surface area (Å²) in [6, 6.07) is 14.8. The summed E-state index contributed by atoms with van der Waals surface area (Å²) in [4.78, 5) is 9.93. The molecular formula is C18H19N3S. The monoisotopic (exact) mass is 309 g/mol. The Balaban J connectivity index is 2.16. The van der Waals surface area contributed by atoms with Crippen molar-refractivity contribution in [3.8, 4) is 11.3 Å². The maximum Gasteiger partial charge on any atom is 0.190 e. The van der Waals surface area contributed by atoms with E-state index < -0.39 is 0 Å². The highest BCUT2D eigenvalue weighted by Crippen LogP contribution is 2.24. The zero-order valence-electron chi connectivity index (χ0n) is 12.8. The van der Waals surface area contributed by atoms with Crippen LogP contribution in [0.5, 0.6) is 0 Å². The van der Waals surface area contributed by atoms with Crippen molar-refractivity contribution in [2.75, 3.05) is 0 Å². The van der Waals surface area contributed by atoms with E-state index in [1.54, 1.807) is 23.7 Å². The fourth-order valence-corrected chi connectivity index (χ4v) is 3.38. The van der Waals surface area contributed by atoms with Gasteiger partial charge in [-0.2, -0.15) is 0 Å². The van der Waals surface area contributed by atoms with Gasteiger partial charge >= 0.3 is 0 Å². The lowest BCUT2D eigenvalue weighted by Crippen LogP contribution is -2.19. The first kappa shape index (κ1) is 14.7. The third kappa shape index (κ3) is 3.02. The van der Waals surface area contributed by atoms with Crippen molar-refractivity contribution in [3.05, 3.63) is 65.0 Å². The molecule has 2 heterocycles. The molecule has 0 aliphatic rings. The average molecular weight is 309 g/mol. The minimum Gasteiger partial charge on any atom is -0.314 e. The quantitative estimate of drug-likeness (QED) is 0.680. The van der Waals surface area contributed by atoms with Crippen molar-refractivity contribution in [2.24, 2.45) is 4.99 Å². The molecule has 0 saturated heterocycles. The van der Waals surface area contributed by atoms with E-state index in [0.717, 1.165) is 16.9 Å². The minimum atomic E-state index is 0.400. The van der Waals surface area contributed by atoms with Crippen molar-refractivity contribution < 1.29 is 0 Å². The molecular weight excluding hydrogens is 290 g/mol. The SMILES string of the molecule is CCC(C)n1c(-c2ccccc2)csc1=Nc1cccnc1. The number of nitrogens with zero attached hydrogens (tertiary/aromatic N) is 3. The lowest BCUT2D eigenvalue weighted by atomic mass is 10.1. The molecule has 3 nitrogen and oxygen atoms in total. The zero-order chi connectivity index (χ0) is 15.4. The van der Waals surface area contributed by atoms with E-state index in [1.165, 1.54) is 11.3 Å². The molecule has 112 valence electrons. The maximum absolute atomic E-state index is 4.78. The van der Waals surface area contributed by atoms with Crippen LogP contribution in [0.1, 0.15) is 26.3 Å². The van der Waals surface area contributed by atoms with Gasteiger partial charge in [0.15, 0.2) is 4.80 Å². The van der Waals surface area contributed by atoms with E-state index in [0.29, 0.717) is 6.04 Å². The molecule has 0 bridgehead atoms. The van der Waals surface area contributed by atoms with Crippen LogP contribution in [0.15, 0.2) is 65.2 Å². The highest BCUT2D eigenvalue weighted by Gasteiger charge is 2.12. The van der Waals surface area contributed by atoms with Gasteiger partial charge in [-0.3, -0.25) is 4.98 Å². The average Bonchev–Trinajstić information content (AvgIpc) is 2.99. The second-order valence-corrected chi connectivity index (χ2v) is 6.06. The van der Waals surface area contributed by atoms with Gasteiger partial charge in [0.2, 0.25) is 0 Å². The van der Waals surface area contributed by atoms with Crippen molar-refractivity contribution in [3.63, 3.8) is 0 Å². The van der Waals surface area contributed by atoms with Crippen LogP contribution in [0, 0.1) is 0 Å². The normalized spacial score (nSPS) is 13.3. The zero-order valence-corrected chi connectivity index (χ0v) is 13.6. The van der Waals surface area contributed by atoms with Crippen LogP contribution >= 0.6 is 11.3 Å². The summed E-state index contributed by atoms with van der Waals surface area (Å²) >= 11 is 1.68. The molecule has 0 fully saturated rings. The number of hydrogen-bond acceptors (Lipinski definition) is 3. The van der Waals surface area contributed by atoms with Gasteiger partial charge in [-0.25, -0.2) is 4.99 Å². The molecule has 0 aliphatic carbocycles. The van der Waals surface area contributed by atoms with Crippen LogP contribution in [0.4, 0.5) is 5.69 Å². The molecule has 0 spiro atoms. The maximum atomic E-state index is 4.78. The largest absolute Gasteiger partial charge is 0.314 e. The van der Waals surface area contributed by atoms with E-state index in [2.05, 4.69) is 53.0 Å².